The first-order valence-corrected chi connectivity index (χ1v) is 5.10. The molecule has 0 saturated carbocycles. The molecule has 1 aromatic rings. The van der Waals surface area contributed by atoms with Crippen LogP contribution < -0.4 is 5.32 Å². The molecule has 15 heavy (non-hydrogen) atoms. The van der Waals surface area contributed by atoms with E-state index >= 15 is 0 Å². The largest absolute Gasteiger partial charge is 0.319 e. The van der Waals surface area contributed by atoms with Crippen molar-refractivity contribution in [2.24, 2.45) is 0 Å². The van der Waals surface area contributed by atoms with Gasteiger partial charge in [-0.3, -0.25) is 0 Å². The third-order valence-electron chi connectivity index (χ3n) is 1.79. The molecule has 7 heteroatoms. The van der Waals surface area contributed by atoms with Gasteiger partial charge in [0.05, 0.1) is 12.6 Å². The van der Waals surface area contributed by atoms with Crippen LogP contribution >= 0.6 is 11.3 Å². The molecule has 0 aromatic carbocycles. The van der Waals surface area contributed by atoms with E-state index in [2.05, 4.69) is 10.3 Å². The van der Waals surface area contributed by atoms with E-state index in [0.29, 0.717) is 5.01 Å². The zero-order valence-electron chi connectivity index (χ0n) is 7.88. The van der Waals surface area contributed by atoms with Gasteiger partial charge in [0, 0.05) is 11.6 Å². The molecular formula is C8H10F4N2S. The van der Waals surface area contributed by atoms with Crippen molar-refractivity contribution < 1.29 is 17.6 Å². The molecule has 1 aromatic heterocycles. The summed E-state index contributed by atoms with van der Waals surface area (Å²) in [4.78, 5) is 3.89. The van der Waals surface area contributed by atoms with Gasteiger partial charge in [-0.2, -0.15) is 8.78 Å². The SMILES string of the molecule is CC(NCC(F)(F)C(F)F)c1nccs1. The zero-order chi connectivity index (χ0) is 11.5. The van der Waals surface area contributed by atoms with Gasteiger partial charge in [-0.25, -0.2) is 13.8 Å². The number of halogens is 4. The second-order valence-corrected chi connectivity index (χ2v) is 3.96. The molecule has 0 bridgehead atoms. The molecule has 0 radical (unpaired) electrons. The van der Waals surface area contributed by atoms with Crippen LogP contribution in [0.1, 0.15) is 18.0 Å². The first-order valence-electron chi connectivity index (χ1n) is 4.22. The highest BCUT2D eigenvalue weighted by Crippen LogP contribution is 2.23. The molecule has 0 aliphatic heterocycles. The van der Waals surface area contributed by atoms with Crippen molar-refractivity contribution in [3.05, 3.63) is 16.6 Å². The molecular weight excluding hydrogens is 232 g/mol. The number of thiazole rings is 1. The molecule has 0 spiro atoms. The van der Waals surface area contributed by atoms with Gasteiger partial charge in [-0.15, -0.1) is 11.3 Å². The molecule has 1 unspecified atom stereocenters. The van der Waals surface area contributed by atoms with Crippen molar-refractivity contribution in [3.63, 3.8) is 0 Å². The van der Waals surface area contributed by atoms with Gasteiger partial charge in [-0.1, -0.05) is 0 Å². The van der Waals surface area contributed by atoms with Gasteiger partial charge >= 0.3 is 12.3 Å². The predicted molar refractivity (Wildman–Crippen MR) is 49.5 cm³/mol. The third-order valence-corrected chi connectivity index (χ3v) is 2.74. The number of hydrogen-bond acceptors (Lipinski definition) is 3. The van der Waals surface area contributed by atoms with Crippen molar-refractivity contribution in [1.29, 1.82) is 0 Å². The maximum atomic E-state index is 12.5. The summed E-state index contributed by atoms with van der Waals surface area (Å²) in [7, 11) is 0. The van der Waals surface area contributed by atoms with Gasteiger partial charge in [0.1, 0.15) is 5.01 Å². The van der Waals surface area contributed by atoms with Gasteiger partial charge < -0.3 is 5.32 Å². The topological polar surface area (TPSA) is 24.9 Å². The fourth-order valence-corrected chi connectivity index (χ4v) is 1.57. The van der Waals surface area contributed by atoms with Crippen molar-refractivity contribution >= 4 is 11.3 Å². The van der Waals surface area contributed by atoms with E-state index in [1.54, 1.807) is 12.3 Å². The zero-order valence-corrected chi connectivity index (χ0v) is 8.70. The van der Waals surface area contributed by atoms with Crippen LogP contribution in [0.3, 0.4) is 0 Å². The molecule has 0 amide bonds. The Kier molecular flexibility index (Phi) is 4.04. The Hall–Kier alpha value is -0.690. The number of nitrogens with one attached hydrogen (secondary N) is 1. The van der Waals surface area contributed by atoms with Crippen molar-refractivity contribution in [2.75, 3.05) is 6.54 Å². The highest BCUT2D eigenvalue weighted by Gasteiger charge is 2.40. The van der Waals surface area contributed by atoms with Crippen LogP contribution in [0.2, 0.25) is 0 Å². The fraction of sp³-hybridized carbons (Fsp3) is 0.625. The van der Waals surface area contributed by atoms with E-state index in [0.717, 1.165) is 0 Å². The molecule has 0 aliphatic rings. The summed E-state index contributed by atoms with van der Waals surface area (Å²) in [6.45, 7) is 0.547. The highest BCUT2D eigenvalue weighted by atomic mass is 32.1. The van der Waals surface area contributed by atoms with Gasteiger partial charge in [0.15, 0.2) is 0 Å². The van der Waals surface area contributed by atoms with Crippen molar-refractivity contribution in [1.82, 2.24) is 10.3 Å². The normalized spacial score (nSPS) is 14.5. The summed E-state index contributed by atoms with van der Waals surface area (Å²) >= 11 is 1.28. The lowest BCUT2D eigenvalue weighted by Crippen LogP contribution is -2.39. The van der Waals surface area contributed by atoms with Crippen LogP contribution in [-0.2, 0) is 0 Å². The monoisotopic (exact) mass is 242 g/mol. The number of hydrogen-bond donors (Lipinski definition) is 1. The maximum Gasteiger partial charge on any atom is 0.319 e. The summed E-state index contributed by atoms with van der Waals surface area (Å²) in [5.74, 6) is -3.99. The molecule has 1 heterocycles. The molecule has 86 valence electrons. The van der Waals surface area contributed by atoms with E-state index in [9.17, 15) is 17.6 Å². The van der Waals surface area contributed by atoms with E-state index in [1.165, 1.54) is 17.5 Å². The lowest BCUT2D eigenvalue weighted by Gasteiger charge is -2.18. The Morgan fingerprint density at radius 1 is 1.53 bits per heavy atom. The smallest absolute Gasteiger partial charge is 0.302 e. The number of alkyl halides is 4. The standard InChI is InChI=1S/C8H10F4N2S/c1-5(6-13-2-3-15-6)14-4-8(11,12)7(9)10/h2-3,5,7,14H,4H2,1H3. The predicted octanol–water partition coefficient (Wildman–Crippen LogP) is 2.69. The molecule has 1 rings (SSSR count). The first-order chi connectivity index (χ1) is 6.93. The van der Waals surface area contributed by atoms with E-state index < -0.39 is 24.9 Å². The Balaban J connectivity index is 2.44. The van der Waals surface area contributed by atoms with Crippen LogP contribution in [0.5, 0.6) is 0 Å². The Labute approximate surface area is 88.3 Å². The highest BCUT2D eigenvalue weighted by molar-refractivity contribution is 7.09. The van der Waals surface area contributed by atoms with Gasteiger partial charge in [0.25, 0.3) is 0 Å². The van der Waals surface area contributed by atoms with E-state index in [1.807, 2.05) is 0 Å². The van der Waals surface area contributed by atoms with Crippen molar-refractivity contribution in [3.8, 4) is 0 Å². The second-order valence-electron chi connectivity index (χ2n) is 3.03. The molecule has 2 nitrogen and oxygen atoms in total. The van der Waals surface area contributed by atoms with Gasteiger partial charge in [-0.05, 0) is 6.92 Å². The van der Waals surface area contributed by atoms with Crippen LogP contribution in [-0.4, -0.2) is 23.9 Å². The van der Waals surface area contributed by atoms with E-state index in [-0.39, 0.29) is 0 Å². The molecule has 1 N–H and O–H groups in total. The average Bonchev–Trinajstić information content (AvgIpc) is 2.66. The summed E-state index contributed by atoms with van der Waals surface area (Å²) in [6.07, 6.45) is -2.11. The molecule has 0 fully saturated rings. The second kappa shape index (κ2) is 4.89. The molecule has 1 atom stereocenters. The van der Waals surface area contributed by atoms with Crippen LogP contribution in [0, 0.1) is 0 Å². The Morgan fingerprint density at radius 2 is 2.20 bits per heavy atom. The van der Waals surface area contributed by atoms with Crippen LogP contribution in [0.25, 0.3) is 0 Å². The minimum absolute atomic E-state index is 0.449. The first kappa shape index (κ1) is 12.4. The Bertz CT molecular complexity index is 289. The minimum atomic E-state index is -3.99. The maximum absolute atomic E-state index is 12.5. The van der Waals surface area contributed by atoms with Gasteiger partial charge in [0.2, 0.25) is 0 Å². The number of rotatable bonds is 5. The van der Waals surface area contributed by atoms with Crippen molar-refractivity contribution in [2.45, 2.75) is 25.3 Å². The molecule has 0 aliphatic carbocycles. The van der Waals surface area contributed by atoms with E-state index in [4.69, 9.17) is 0 Å². The summed E-state index contributed by atoms with van der Waals surface area (Å²) in [6, 6.07) is -0.449. The lowest BCUT2D eigenvalue weighted by molar-refractivity contribution is -0.126. The summed E-state index contributed by atoms with van der Waals surface area (Å²) in [5, 5.41) is 4.62. The quantitative estimate of drug-likeness (QED) is 0.803. The third kappa shape index (κ3) is 3.42. The van der Waals surface area contributed by atoms with Crippen LogP contribution in [0.4, 0.5) is 17.6 Å². The van der Waals surface area contributed by atoms with Crippen LogP contribution in [0.15, 0.2) is 11.6 Å². The Morgan fingerprint density at radius 3 is 2.67 bits per heavy atom. The summed E-state index contributed by atoms with van der Waals surface area (Å²) < 4.78 is 48.6. The molecule has 0 saturated heterocycles. The summed E-state index contributed by atoms with van der Waals surface area (Å²) in [5.41, 5.74) is 0. The lowest BCUT2D eigenvalue weighted by atomic mass is 10.3. The number of nitrogens with zero attached hydrogens (tertiary/aromatic N) is 1. The number of aromatic nitrogens is 1. The average molecular weight is 242 g/mol. The minimum Gasteiger partial charge on any atom is -0.302 e. The fourth-order valence-electron chi connectivity index (χ4n) is 0.902.